The largest absolute Gasteiger partial charge is 0.497 e. The van der Waals surface area contributed by atoms with E-state index >= 15 is 0 Å². The van der Waals surface area contributed by atoms with Gasteiger partial charge in [0.25, 0.3) is 0 Å². The van der Waals surface area contributed by atoms with E-state index in [0.717, 1.165) is 28.5 Å². The second-order valence-corrected chi connectivity index (χ2v) is 11.6. The summed E-state index contributed by atoms with van der Waals surface area (Å²) in [6.45, 7) is 4.59. The van der Waals surface area contributed by atoms with Crippen LogP contribution in [-0.4, -0.2) is 67.0 Å². The summed E-state index contributed by atoms with van der Waals surface area (Å²) < 4.78 is 34.5. The predicted molar refractivity (Wildman–Crippen MR) is 133 cm³/mol. The summed E-state index contributed by atoms with van der Waals surface area (Å²) in [4.78, 5) is 18.0. The number of aromatic amines is 1. The SMILES string of the molecule is CCCC(=O)N1CC2(C1)CN(S(=O)(=O)c1ccc(C)cc1)[C@@H](CO)c1[nH]c3cc(OC)ccc3c12. The van der Waals surface area contributed by atoms with Crippen molar-refractivity contribution in [1.82, 2.24) is 14.2 Å². The predicted octanol–water partition coefficient (Wildman–Crippen LogP) is 3.10. The van der Waals surface area contributed by atoms with Crippen molar-refractivity contribution >= 4 is 26.8 Å². The number of aliphatic hydroxyl groups excluding tert-OH is 1. The fraction of sp³-hybridized carbons (Fsp3) is 0.423. The van der Waals surface area contributed by atoms with Crippen molar-refractivity contribution in [3.63, 3.8) is 0 Å². The molecular weight excluding hydrogens is 466 g/mol. The average molecular weight is 498 g/mol. The van der Waals surface area contributed by atoms with Gasteiger partial charge in [-0.3, -0.25) is 4.79 Å². The molecule has 1 spiro atoms. The Labute approximate surface area is 205 Å². The van der Waals surface area contributed by atoms with Crippen molar-refractivity contribution in [2.45, 2.75) is 43.0 Å². The molecule has 5 rings (SSSR count). The van der Waals surface area contributed by atoms with Crippen LogP contribution >= 0.6 is 0 Å². The highest BCUT2D eigenvalue weighted by atomic mass is 32.2. The van der Waals surface area contributed by atoms with Gasteiger partial charge in [-0.25, -0.2) is 8.42 Å². The van der Waals surface area contributed by atoms with Crippen LogP contribution in [0.25, 0.3) is 10.9 Å². The van der Waals surface area contributed by atoms with Crippen molar-refractivity contribution in [1.29, 1.82) is 0 Å². The van der Waals surface area contributed by atoms with E-state index < -0.39 is 21.5 Å². The lowest BCUT2D eigenvalue weighted by Gasteiger charge is -2.55. The van der Waals surface area contributed by atoms with Crippen LogP contribution in [0.5, 0.6) is 5.75 Å². The van der Waals surface area contributed by atoms with Gasteiger partial charge in [-0.15, -0.1) is 0 Å². The zero-order chi connectivity index (χ0) is 25.0. The molecule has 1 aromatic heterocycles. The molecule has 0 saturated carbocycles. The van der Waals surface area contributed by atoms with E-state index in [9.17, 15) is 18.3 Å². The summed E-state index contributed by atoms with van der Waals surface area (Å²) in [5, 5.41) is 11.4. The van der Waals surface area contributed by atoms with Crippen LogP contribution in [-0.2, 0) is 20.2 Å². The van der Waals surface area contributed by atoms with Crippen molar-refractivity contribution in [3.05, 3.63) is 59.3 Å². The Morgan fingerprint density at radius 1 is 1.17 bits per heavy atom. The number of amides is 1. The van der Waals surface area contributed by atoms with Crippen molar-refractivity contribution in [2.75, 3.05) is 33.4 Å². The zero-order valence-corrected chi connectivity index (χ0v) is 21.1. The Balaban J connectivity index is 1.65. The number of aliphatic hydroxyl groups is 1. The van der Waals surface area contributed by atoms with Crippen molar-refractivity contribution in [3.8, 4) is 5.75 Å². The van der Waals surface area contributed by atoms with Gasteiger partial charge in [0.05, 0.1) is 24.7 Å². The number of likely N-dealkylation sites (tertiary alicyclic amines) is 1. The zero-order valence-electron chi connectivity index (χ0n) is 20.2. The van der Waals surface area contributed by atoms with Crippen molar-refractivity contribution in [2.24, 2.45) is 0 Å². The molecule has 1 amide bonds. The number of methoxy groups -OCH3 is 1. The van der Waals surface area contributed by atoms with E-state index in [0.29, 0.717) is 31.0 Å². The standard InChI is InChI=1S/C26H31N3O5S/c1-4-5-23(31)28-14-26(15-28)16-29(35(32,33)19-9-6-17(2)7-10-19)22(13-30)25-24(26)20-11-8-18(34-3)12-21(20)27-25/h6-12,22,27,30H,4-5,13-16H2,1-3H3/t22-/m0/s1. The first-order valence-electron chi connectivity index (χ1n) is 11.9. The fourth-order valence-corrected chi connectivity index (χ4v) is 7.22. The average Bonchev–Trinajstić information content (AvgIpc) is 3.21. The van der Waals surface area contributed by atoms with E-state index in [4.69, 9.17) is 4.74 Å². The maximum atomic E-state index is 13.8. The number of aryl methyl sites for hydroxylation is 1. The van der Waals surface area contributed by atoms with Crippen LogP contribution in [0.3, 0.4) is 0 Å². The van der Waals surface area contributed by atoms with Gasteiger partial charge in [0.2, 0.25) is 15.9 Å². The Bertz CT molecular complexity index is 1370. The number of hydrogen-bond donors (Lipinski definition) is 2. The highest BCUT2D eigenvalue weighted by Gasteiger charge is 2.56. The summed E-state index contributed by atoms with van der Waals surface area (Å²) in [6.07, 6.45) is 1.24. The van der Waals surface area contributed by atoms with E-state index in [1.54, 1.807) is 31.4 Å². The number of sulfonamides is 1. The van der Waals surface area contributed by atoms with Crippen molar-refractivity contribution < 1.29 is 23.1 Å². The summed E-state index contributed by atoms with van der Waals surface area (Å²) in [5.41, 5.74) is 2.90. The third kappa shape index (κ3) is 3.73. The molecule has 1 saturated heterocycles. The minimum atomic E-state index is -3.90. The normalized spacial score (nSPS) is 19.5. The van der Waals surface area contributed by atoms with E-state index in [2.05, 4.69) is 4.98 Å². The number of H-pyrrole nitrogens is 1. The maximum absolute atomic E-state index is 13.8. The Kier molecular flexibility index (Phi) is 5.89. The molecule has 35 heavy (non-hydrogen) atoms. The molecule has 9 heteroatoms. The topological polar surface area (TPSA) is 103 Å². The van der Waals surface area contributed by atoms with Gasteiger partial charge in [0.15, 0.2) is 0 Å². The molecule has 2 N–H and O–H groups in total. The number of nitrogens with one attached hydrogen (secondary N) is 1. The van der Waals surface area contributed by atoms with E-state index in [1.807, 2.05) is 36.9 Å². The Morgan fingerprint density at radius 3 is 2.51 bits per heavy atom. The highest BCUT2D eigenvalue weighted by molar-refractivity contribution is 7.89. The van der Waals surface area contributed by atoms with Gasteiger partial charge in [-0.1, -0.05) is 24.6 Å². The minimum Gasteiger partial charge on any atom is -0.497 e. The molecule has 0 unspecified atom stereocenters. The number of ether oxygens (including phenoxy) is 1. The molecule has 1 fully saturated rings. The molecule has 186 valence electrons. The lowest BCUT2D eigenvalue weighted by Crippen LogP contribution is -2.68. The number of carbonyl (C=O) groups is 1. The maximum Gasteiger partial charge on any atom is 0.243 e. The van der Waals surface area contributed by atoms with Crippen LogP contribution in [0.4, 0.5) is 0 Å². The number of carbonyl (C=O) groups excluding carboxylic acids is 1. The first kappa shape index (κ1) is 23.8. The molecule has 3 heterocycles. The second-order valence-electron chi connectivity index (χ2n) is 9.67. The van der Waals surface area contributed by atoms with Gasteiger partial charge >= 0.3 is 0 Å². The number of fused-ring (bicyclic) bond motifs is 4. The quantitative estimate of drug-likeness (QED) is 0.545. The molecular formula is C26H31N3O5S. The first-order chi connectivity index (χ1) is 16.7. The molecule has 0 bridgehead atoms. The van der Waals surface area contributed by atoms with Crippen LogP contribution in [0, 0.1) is 6.92 Å². The summed E-state index contributed by atoms with van der Waals surface area (Å²) >= 11 is 0. The minimum absolute atomic E-state index is 0.0819. The number of hydrogen-bond acceptors (Lipinski definition) is 5. The van der Waals surface area contributed by atoms with Gasteiger partial charge in [-0.2, -0.15) is 4.31 Å². The Morgan fingerprint density at radius 2 is 1.89 bits per heavy atom. The number of rotatable bonds is 6. The third-order valence-corrected chi connectivity index (χ3v) is 9.18. The summed E-state index contributed by atoms with van der Waals surface area (Å²) in [6, 6.07) is 11.7. The molecule has 3 aromatic rings. The first-order valence-corrected chi connectivity index (χ1v) is 13.4. The van der Waals surface area contributed by atoms with Crippen LogP contribution in [0.2, 0.25) is 0 Å². The van der Waals surface area contributed by atoms with Crippen LogP contribution in [0.1, 0.15) is 42.6 Å². The van der Waals surface area contributed by atoms with Gasteiger partial charge < -0.3 is 19.7 Å². The summed E-state index contributed by atoms with van der Waals surface area (Å²) in [7, 11) is -2.30. The third-order valence-electron chi connectivity index (χ3n) is 7.31. The lowest BCUT2D eigenvalue weighted by atomic mass is 9.69. The summed E-state index contributed by atoms with van der Waals surface area (Å²) in [5.74, 6) is 0.765. The van der Waals surface area contributed by atoms with Gasteiger partial charge in [0.1, 0.15) is 5.75 Å². The molecule has 1 atom stereocenters. The number of nitrogens with zero attached hydrogens (tertiary/aromatic N) is 2. The fourth-order valence-electron chi connectivity index (χ4n) is 5.55. The Hall–Kier alpha value is -2.88. The molecule has 0 aliphatic carbocycles. The van der Waals surface area contributed by atoms with Crippen LogP contribution in [0.15, 0.2) is 47.4 Å². The monoisotopic (exact) mass is 497 g/mol. The van der Waals surface area contributed by atoms with E-state index in [1.165, 1.54) is 4.31 Å². The lowest BCUT2D eigenvalue weighted by molar-refractivity contribution is -0.140. The number of benzene rings is 2. The molecule has 2 aliphatic heterocycles. The molecule has 8 nitrogen and oxygen atoms in total. The molecule has 2 aliphatic rings. The highest BCUT2D eigenvalue weighted by Crippen LogP contribution is 2.50. The van der Waals surface area contributed by atoms with E-state index in [-0.39, 0.29) is 24.0 Å². The van der Waals surface area contributed by atoms with Gasteiger partial charge in [-0.05, 0) is 43.2 Å². The molecule has 0 radical (unpaired) electrons. The smallest absolute Gasteiger partial charge is 0.243 e. The molecule has 2 aromatic carbocycles. The number of aromatic nitrogens is 1. The van der Waals surface area contributed by atoms with Crippen LogP contribution < -0.4 is 4.74 Å². The van der Waals surface area contributed by atoms with Gasteiger partial charge in [0, 0.05) is 54.1 Å². The second kappa shape index (κ2) is 8.65.